The lowest BCUT2D eigenvalue weighted by atomic mass is 10.3. The molecule has 15 heavy (non-hydrogen) atoms. The van der Waals surface area contributed by atoms with Crippen LogP contribution in [0.2, 0.25) is 0 Å². The van der Waals surface area contributed by atoms with Crippen molar-refractivity contribution in [1.29, 1.82) is 0 Å². The topological polar surface area (TPSA) is 62.4 Å². The first-order valence-electron chi connectivity index (χ1n) is 5.05. The number of nitrogens with zero attached hydrogens (tertiary/aromatic N) is 1. The first-order valence-corrected chi connectivity index (χ1v) is 5.93. The molecule has 0 fully saturated rings. The normalized spacial score (nSPS) is 11.5. The average Bonchev–Trinajstić information content (AvgIpc) is 2.65. The van der Waals surface area contributed by atoms with E-state index in [1.165, 1.54) is 10.4 Å². The molecule has 0 unspecified atom stereocenters. The maximum Gasteiger partial charge on any atom is 0.206 e. The van der Waals surface area contributed by atoms with Crippen molar-refractivity contribution in [2.75, 3.05) is 6.54 Å². The summed E-state index contributed by atoms with van der Waals surface area (Å²) in [6.45, 7) is 5.76. The van der Waals surface area contributed by atoms with E-state index >= 15 is 0 Å². The SMILES string of the molecule is CCCNC(=NCc1sccc1C)NN. The fraction of sp³-hybridized carbons (Fsp3) is 0.500. The predicted molar refractivity (Wildman–Crippen MR) is 65.8 cm³/mol. The Morgan fingerprint density at radius 1 is 1.60 bits per heavy atom. The summed E-state index contributed by atoms with van der Waals surface area (Å²) in [7, 11) is 0. The lowest BCUT2D eigenvalue weighted by molar-refractivity contribution is 0.791. The minimum absolute atomic E-state index is 0.657. The summed E-state index contributed by atoms with van der Waals surface area (Å²) in [5.74, 6) is 6.01. The fourth-order valence-corrected chi connectivity index (χ4v) is 1.94. The lowest BCUT2D eigenvalue weighted by Gasteiger charge is -2.07. The first kappa shape index (κ1) is 12.0. The van der Waals surface area contributed by atoms with Crippen molar-refractivity contribution in [2.24, 2.45) is 10.8 Å². The highest BCUT2D eigenvalue weighted by molar-refractivity contribution is 7.10. The van der Waals surface area contributed by atoms with E-state index in [-0.39, 0.29) is 0 Å². The van der Waals surface area contributed by atoms with Crippen LogP contribution in [0.25, 0.3) is 0 Å². The minimum atomic E-state index is 0.657. The van der Waals surface area contributed by atoms with E-state index in [1.807, 2.05) is 0 Å². The summed E-state index contributed by atoms with van der Waals surface area (Å²) in [4.78, 5) is 5.64. The van der Waals surface area contributed by atoms with Gasteiger partial charge in [0.1, 0.15) is 0 Å². The molecule has 0 atom stereocenters. The van der Waals surface area contributed by atoms with Crippen LogP contribution in [0, 0.1) is 6.92 Å². The van der Waals surface area contributed by atoms with Crippen LogP contribution in [0.5, 0.6) is 0 Å². The first-order chi connectivity index (χ1) is 7.27. The van der Waals surface area contributed by atoms with Crippen molar-refractivity contribution in [3.05, 3.63) is 21.9 Å². The van der Waals surface area contributed by atoms with Gasteiger partial charge in [-0.1, -0.05) is 6.92 Å². The van der Waals surface area contributed by atoms with E-state index in [0.29, 0.717) is 12.5 Å². The molecule has 1 aromatic heterocycles. The van der Waals surface area contributed by atoms with Crippen molar-refractivity contribution < 1.29 is 0 Å². The number of thiophene rings is 1. The number of guanidine groups is 1. The van der Waals surface area contributed by atoms with Gasteiger partial charge in [0.2, 0.25) is 5.96 Å². The highest BCUT2D eigenvalue weighted by Crippen LogP contribution is 2.16. The summed E-state index contributed by atoms with van der Waals surface area (Å²) in [5.41, 5.74) is 3.85. The van der Waals surface area contributed by atoms with Crippen molar-refractivity contribution >= 4 is 17.3 Å². The Morgan fingerprint density at radius 2 is 2.40 bits per heavy atom. The Bertz CT molecular complexity index is 319. The Labute approximate surface area is 94.6 Å². The molecule has 0 radical (unpaired) electrons. The van der Waals surface area contributed by atoms with Crippen LogP contribution in [-0.4, -0.2) is 12.5 Å². The second-order valence-corrected chi connectivity index (χ2v) is 4.26. The van der Waals surface area contributed by atoms with E-state index < -0.39 is 0 Å². The molecule has 0 spiro atoms. The highest BCUT2D eigenvalue weighted by Gasteiger charge is 1.99. The summed E-state index contributed by atoms with van der Waals surface area (Å²) in [6.07, 6.45) is 1.05. The maximum atomic E-state index is 5.35. The van der Waals surface area contributed by atoms with Crippen LogP contribution in [0.4, 0.5) is 0 Å². The van der Waals surface area contributed by atoms with Gasteiger partial charge in [0.25, 0.3) is 0 Å². The lowest BCUT2D eigenvalue weighted by Crippen LogP contribution is -2.41. The van der Waals surface area contributed by atoms with Crippen LogP contribution in [0.1, 0.15) is 23.8 Å². The van der Waals surface area contributed by atoms with Gasteiger partial charge in [0, 0.05) is 11.4 Å². The van der Waals surface area contributed by atoms with E-state index in [1.54, 1.807) is 11.3 Å². The monoisotopic (exact) mass is 226 g/mol. The summed E-state index contributed by atoms with van der Waals surface area (Å²) in [6, 6.07) is 2.10. The van der Waals surface area contributed by atoms with E-state index in [0.717, 1.165) is 13.0 Å². The Balaban J connectivity index is 2.50. The molecule has 0 saturated heterocycles. The third kappa shape index (κ3) is 3.89. The molecule has 1 aromatic rings. The molecule has 0 aliphatic heterocycles. The Kier molecular flexibility index (Phi) is 5.14. The molecular formula is C10H18N4S. The molecule has 5 heteroatoms. The smallest absolute Gasteiger partial charge is 0.206 e. The fourth-order valence-electron chi connectivity index (χ4n) is 1.11. The molecule has 4 nitrogen and oxygen atoms in total. The summed E-state index contributed by atoms with van der Waals surface area (Å²) >= 11 is 1.72. The van der Waals surface area contributed by atoms with Crippen LogP contribution in [-0.2, 0) is 6.54 Å². The zero-order valence-electron chi connectivity index (χ0n) is 9.21. The molecular weight excluding hydrogens is 208 g/mol. The number of rotatable bonds is 4. The average molecular weight is 226 g/mol. The standard InChI is InChI=1S/C10H18N4S/c1-3-5-12-10(14-11)13-7-9-8(2)4-6-15-9/h4,6H,3,5,7,11H2,1-2H3,(H2,12,13,14). The summed E-state index contributed by atoms with van der Waals surface area (Å²) in [5, 5.41) is 5.20. The minimum Gasteiger partial charge on any atom is -0.355 e. The molecule has 1 heterocycles. The predicted octanol–water partition coefficient (Wildman–Crippen LogP) is 1.38. The Hall–Kier alpha value is -1.07. The molecule has 1 rings (SSSR count). The zero-order valence-corrected chi connectivity index (χ0v) is 10.0. The number of hydrogen-bond donors (Lipinski definition) is 3. The van der Waals surface area contributed by atoms with Crippen LogP contribution >= 0.6 is 11.3 Å². The Morgan fingerprint density at radius 3 is 2.93 bits per heavy atom. The second-order valence-electron chi connectivity index (χ2n) is 3.26. The molecule has 84 valence electrons. The molecule has 0 aliphatic rings. The zero-order chi connectivity index (χ0) is 11.1. The summed E-state index contributed by atoms with van der Waals surface area (Å²) < 4.78 is 0. The number of hydrazine groups is 1. The van der Waals surface area contributed by atoms with Gasteiger partial charge < -0.3 is 5.32 Å². The van der Waals surface area contributed by atoms with Crippen molar-refractivity contribution in [3.63, 3.8) is 0 Å². The largest absolute Gasteiger partial charge is 0.355 e. The molecule has 0 amide bonds. The number of aliphatic imine (C=N–C) groups is 1. The van der Waals surface area contributed by atoms with E-state index in [4.69, 9.17) is 5.84 Å². The van der Waals surface area contributed by atoms with Crippen LogP contribution in [0.15, 0.2) is 16.4 Å². The molecule has 0 saturated carbocycles. The number of hydrogen-bond acceptors (Lipinski definition) is 3. The molecule has 0 aromatic carbocycles. The van der Waals surface area contributed by atoms with Gasteiger partial charge >= 0.3 is 0 Å². The van der Waals surface area contributed by atoms with Gasteiger partial charge in [-0.25, -0.2) is 10.8 Å². The van der Waals surface area contributed by atoms with E-state index in [2.05, 4.69) is 41.0 Å². The van der Waals surface area contributed by atoms with Gasteiger partial charge in [-0.3, -0.25) is 5.43 Å². The molecule has 0 bridgehead atoms. The quantitative estimate of drug-likeness (QED) is 0.314. The third-order valence-electron chi connectivity index (χ3n) is 2.03. The maximum absolute atomic E-state index is 5.35. The van der Waals surface area contributed by atoms with Crippen LogP contribution in [0.3, 0.4) is 0 Å². The van der Waals surface area contributed by atoms with Gasteiger partial charge in [-0.15, -0.1) is 11.3 Å². The van der Waals surface area contributed by atoms with Crippen molar-refractivity contribution in [3.8, 4) is 0 Å². The van der Waals surface area contributed by atoms with Gasteiger partial charge in [0.15, 0.2) is 0 Å². The van der Waals surface area contributed by atoms with Crippen molar-refractivity contribution in [2.45, 2.75) is 26.8 Å². The van der Waals surface area contributed by atoms with Gasteiger partial charge in [-0.2, -0.15) is 0 Å². The molecule has 0 aliphatic carbocycles. The van der Waals surface area contributed by atoms with Crippen LogP contribution < -0.4 is 16.6 Å². The van der Waals surface area contributed by atoms with E-state index in [9.17, 15) is 0 Å². The van der Waals surface area contributed by atoms with Gasteiger partial charge in [0.05, 0.1) is 6.54 Å². The number of nitrogens with one attached hydrogen (secondary N) is 2. The van der Waals surface area contributed by atoms with Gasteiger partial charge in [-0.05, 0) is 30.4 Å². The highest BCUT2D eigenvalue weighted by atomic mass is 32.1. The number of aryl methyl sites for hydroxylation is 1. The second kappa shape index (κ2) is 6.42. The molecule has 4 N–H and O–H groups in total. The van der Waals surface area contributed by atoms with Crippen molar-refractivity contribution in [1.82, 2.24) is 10.7 Å². The third-order valence-corrected chi connectivity index (χ3v) is 3.04. The number of nitrogens with two attached hydrogens (primary N) is 1.